The Kier molecular flexibility index (Phi) is 5.27. The zero-order chi connectivity index (χ0) is 13.9. The summed E-state index contributed by atoms with van der Waals surface area (Å²) < 4.78 is 5.57. The van der Waals surface area contributed by atoms with Crippen LogP contribution in [0.15, 0.2) is 0 Å². The maximum atomic E-state index is 5.57. The zero-order valence-corrected chi connectivity index (χ0v) is 13.2. The molecule has 2 aliphatic heterocycles. The van der Waals surface area contributed by atoms with E-state index in [0.717, 1.165) is 24.5 Å². The van der Waals surface area contributed by atoms with E-state index in [-0.39, 0.29) is 5.60 Å². The Morgan fingerprint density at radius 2 is 1.79 bits per heavy atom. The van der Waals surface area contributed by atoms with Crippen molar-refractivity contribution in [2.24, 2.45) is 0 Å². The Bertz CT molecular complexity index is 268. The molecular formula is C16H32N2O. The highest BCUT2D eigenvalue weighted by Gasteiger charge is 2.36. The smallest absolute Gasteiger partial charge is 0.0634 e. The van der Waals surface area contributed by atoms with Gasteiger partial charge in [0.1, 0.15) is 0 Å². The molecule has 0 spiro atoms. The van der Waals surface area contributed by atoms with Crippen LogP contribution < -0.4 is 5.32 Å². The van der Waals surface area contributed by atoms with E-state index in [2.05, 4.69) is 31.0 Å². The van der Waals surface area contributed by atoms with E-state index >= 15 is 0 Å². The molecule has 0 aliphatic carbocycles. The molecule has 2 atom stereocenters. The molecule has 0 saturated carbocycles. The quantitative estimate of drug-likeness (QED) is 0.768. The van der Waals surface area contributed by atoms with Gasteiger partial charge in [-0.15, -0.1) is 0 Å². The van der Waals surface area contributed by atoms with Gasteiger partial charge in [0.05, 0.1) is 5.60 Å². The number of hydrogen-bond donors (Lipinski definition) is 1. The van der Waals surface area contributed by atoms with Crippen molar-refractivity contribution in [1.82, 2.24) is 10.2 Å². The maximum Gasteiger partial charge on any atom is 0.0634 e. The highest BCUT2D eigenvalue weighted by atomic mass is 16.5. The SMILES string of the molecule is CCCN(CCC(C)(C)OC)C1CC2CCC(C1)N2. The van der Waals surface area contributed by atoms with Crippen LogP contribution in [0.2, 0.25) is 0 Å². The molecule has 2 aliphatic rings. The van der Waals surface area contributed by atoms with Crippen LogP contribution in [-0.4, -0.2) is 48.8 Å². The normalized spacial score (nSPS) is 31.1. The van der Waals surface area contributed by atoms with Crippen LogP contribution in [0.25, 0.3) is 0 Å². The van der Waals surface area contributed by atoms with Gasteiger partial charge in [-0.05, 0) is 58.9 Å². The molecule has 2 saturated heterocycles. The van der Waals surface area contributed by atoms with E-state index in [0.29, 0.717) is 0 Å². The lowest BCUT2D eigenvalue weighted by Crippen LogP contribution is -2.49. The molecule has 2 heterocycles. The minimum absolute atomic E-state index is 0.0118. The molecule has 0 aromatic rings. The lowest BCUT2D eigenvalue weighted by atomic mass is 9.96. The highest BCUT2D eigenvalue weighted by molar-refractivity contribution is 4.95. The summed E-state index contributed by atoms with van der Waals surface area (Å²) in [7, 11) is 1.83. The van der Waals surface area contributed by atoms with E-state index in [1.54, 1.807) is 0 Å². The minimum Gasteiger partial charge on any atom is -0.379 e. The number of nitrogens with one attached hydrogen (secondary N) is 1. The van der Waals surface area contributed by atoms with Gasteiger partial charge in [-0.1, -0.05) is 6.92 Å². The Hall–Kier alpha value is -0.120. The number of hydrogen-bond acceptors (Lipinski definition) is 3. The second kappa shape index (κ2) is 6.55. The first-order valence-corrected chi connectivity index (χ1v) is 8.09. The van der Waals surface area contributed by atoms with Crippen molar-refractivity contribution in [3.63, 3.8) is 0 Å². The van der Waals surface area contributed by atoms with Gasteiger partial charge in [-0.3, -0.25) is 0 Å². The second-order valence-corrected chi connectivity index (χ2v) is 7.01. The first-order chi connectivity index (χ1) is 9.04. The molecule has 0 radical (unpaired) electrons. The largest absolute Gasteiger partial charge is 0.379 e. The van der Waals surface area contributed by atoms with Crippen LogP contribution >= 0.6 is 0 Å². The van der Waals surface area contributed by atoms with Gasteiger partial charge in [0.25, 0.3) is 0 Å². The van der Waals surface area contributed by atoms with Gasteiger partial charge in [0, 0.05) is 31.8 Å². The van der Waals surface area contributed by atoms with Crippen molar-refractivity contribution in [3.05, 3.63) is 0 Å². The summed E-state index contributed by atoms with van der Waals surface area (Å²) in [6, 6.07) is 2.38. The van der Waals surface area contributed by atoms with Gasteiger partial charge < -0.3 is 15.0 Å². The number of methoxy groups -OCH3 is 1. The number of piperidine rings is 1. The average Bonchev–Trinajstić information content (AvgIpc) is 2.73. The van der Waals surface area contributed by atoms with E-state index in [9.17, 15) is 0 Å². The molecule has 3 heteroatoms. The summed E-state index contributed by atoms with van der Waals surface area (Å²) in [5.41, 5.74) is 0.0118. The van der Waals surface area contributed by atoms with Crippen molar-refractivity contribution in [3.8, 4) is 0 Å². The standard InChI is InChI=1S/C16H32N2O/c1-5-9-18(10-8-16(2,3)19-4)15-11-13-6-7-14(12-15)17-13/h13-15,17H,5-12H2,1-4H3. The van der Waals surface area contributed by atoms with Crippen molar-refractivity contribution in [2.45, 2.75) is 83.0 Å². The summed E-state index contributed by atoms with van der Waals surface area (Å²) in [5.74, 6) is 0. The maximum absolute atomic E-state index is 5.57. The molecule has 112 valence electrons. The molecule has 0 amide bonds. The summed E-state index contributed by atoms with van der Waals surface area (Å²) in [4.78, 5) is 2.73. The summed E-state index contributed by atoms with van der Waals surface area (Å²) >= 11 is 0. The van der Waals surface area contributed by atoms with E-state index < -0.39 is 0 Å². The lowest BCUT2D eigenvalue weighted by molar-refractivity contribution is 0.00143. The molecule has 1 N–H and O–H groups in total. The molecule has 2 fully saturated rings. The fourth-order valence-electron chi connectivity index (χ4n) is 3.60. The molecule has 2 bridgehead atoms. The van der Waals surface area contributed by atoms with E-state index in [4.69, 9.17) is 4.74 Å². The van der Waals surface area contributed by atoms with Crippen LogP contribution in [0.4, 0.5) is 0 Å². The van der Waals surface area contributed by atoms with Gasteiger partial charge in [-0.25, -0.2) is 0 Å². The fraction of sp³-hybridized carbons (Fsp3) is 1.00. The minimum atomic E-state index is 0.0118. The first-order valence-electron chi connectivity index (χ1n) is 8.09. The molecule has 2 rings (SSSR count). The zero-order valence-electron chi connectivity index (χ0n) is 13.2. The van der Waals surface area contributed by atoms with Gasteiger partial charge >= 0.3 is 0 Å². The average molecular weight is 268 g/mol. The summed E-state index contributed by atoms with van der Waals surface area (Å²) in [6.07, 6.45) is 7.87. The molecule has 3 nitrogen and oxygen atoms in total. The van der Waals surface area contributed by atoms with Crippen LogP contribution in [0, 0.1) is 0 Å². The lowest BCUT2D eigenvalue weighted by Gasteiger charge is -2.39. The Balaban J connectivity index is 1.88. The third kappa shape index (κ3) is 4.17. The van der Waals surface area contributed by atoms with Gasteiger partial charge in [0.2, 0.25) is 0 Å². The fourth-order valence-corrected chi connectivity index (χ4v) is 3.60. The molecule has 19 heavy (non-hydrogen) atoms. The topological polar surface area (TPSA) is 24.5 Å². The number of rotatable bonds is 7. The van der Waals surface area contributed by atoms with E-state index in [1.165, 1.54) is 45.2 Å². The number of nitrogens with zero attached hydrogens (tertiary/aromatic N) is 1. The summed E-state index contributed by atoms with van der Waals surface area (Å²) in [5, 5.41) is 3.75. The van der Waals surface area contributed by atoms with Crippen LogP contribution in [-0.2, 0) is 4.74 Å². The predicted molar refractivity (Wildman–Crippen MR) is 80.5 cm³/mol. The van der Waals surface area contributed by atoms with E-state index in [1.807, 2.05) is 7.11 Å². The van der Waals surface area contributed by atoms with Gasteiger partial charge in [-0.2, -0.15) is 0 Å². The highest BCUT2D eigenvalue weighted by Crippen LogP contribution is 2.30. The molecule has 0 aromatic carbocycles. The van der Waals surface area contributed by atoms with Crippen LogP contribution in [0.1, 0.15) is 59.3 Å². The molecule has 0 aromatic heterocycles. The van der Waals surface area contributed by atoms with Crippen molar-refractivity contribution < 1.29 is 4.74 Å². The van der Waals surface area contributed by atoms with Crippen molar-refractivity contribution in [2.75, 3.05) is 20.2 Å². The molecular weight excluding hydrogens is 236 g/mol. The number of ether oxygens (including phenoxy) is 1. The monoisotopic (exact) mass is 268 g/mol. The number of fused-ring (bicyclic) bond motifs is 2. The summed E-state index contributed by atoms with van der Waals surface area (Å²) in [6.45, 7) is 9.11. The predicted octanol–water partition coefficient (Wildman–Crippen LogP) is 2.80. The third-order valence-electron chi connectivity index (χ3n) is 5.03. The first kappa shape index (κ1) is 15.3. The van der Waals surface area contributed by atoms with Crippen molar-refractivity contribution >= 4 is 0 Å². The van der Waals surface area contributed by atoms with Gasteiger partial charge in [0.15, 0.2) is 0 Å². The Morgan fingerprint density at radius 1 is 1.16 bits per heavy atom. The second-order valence-electron chi connectivity index (χ2n) is 7.01. The van der Waals surface area contributed by atoms with Crippen LogP contribution in [0.5, 0.6) is 0 Å². The Morgan fingerprint density at radius 3 is 2.32 bits per heavy atom. The Labute approximate surface area is 119 Å². The van der Waals surface area contributed by atoms with Crippen molar-refractivity contribution in [1.29, 1.82) is 0 Å². The third-order valence-corrected chi connectivity index (χ3v) is 5.03. The molecule has 2 unspecified atom stereocenters. The van der Waals surface area contributed by atoms with Crippen LogP contribution in [0.3, 0.4) is 0 Å².